The van der Waals surface area contributed by atoms with Crippen LogP contribution in [0, 0.1) is 5.92 Å². The molecule has 2 heterocycles. The number of hydrogen-bond acceptors (Lipinski definition) is 6. The van der Waals surface area contributed by atoms with E-state index in [1.54, 1.807) is 0 Å². The lowest BCUT2D eigenvalue weighted by molar-refractivity contribution is 0.0696. The number of aromatic nitrogens is 1. The molecule has 0 amide bonds. The molecule has 1 aromatic rings. The minimum Gasteiger partial charge on any atom is -0.478 e. The molecule has 2 N–H and O–H groups in total. The predicted molar refractivity (Wildman–Crippen MR) is 77.8 cm³/mol. The molecule has 1 aliphatic rings. The lowest BCUT2D eigenvalue weighted by Crippen LogP contribution is -2.34. The van der Waals surface area contributed by atoms with Crippen molar-refractivity contribution in [3.05, 3.63) is 24.0 Å². The first-order valence-electron chi connectivity index (χ1n) is 6.58. The number of nitrogens with zero attached hydrogens (tertiary/aromatic N) is 1. The van der Waals surface area contributed by atoms with Crippen molar-refractivity contribution in [2.24, 2.45) is 5.92 Å². The number of hydrogen-bond donors (Lipinski definition) is 2. The maximum absolute atomic E-state index is 12.1. The molecule has 1 saturated heterocycles. The van der Waals surface area contributed by atoms with Gasteiger partial charge in [-0.25, -0.2) is 26.4 Å². The van der Waals surface area contributed by atoms with Crippen LogP contribution in [0.1, 0.15) is 23.2 Å². The van der Waals surface area contributed by atoms with Crippen LogP contribution < -0.4 is 4.72 Å². The van der Waals surface area contributed by atoms with Gasteiger partial charge in [0.25, 0.3) is 0 Å². The van der Waals surface area contributed by atoms with Crippen LogP contribution in [0.15, 0.2) is 23.4 Å². The summed E-state index contributed by atoms with van der Waals surface area (Å²) in [4.78, 5) is 14.2. The molecule has 122 valence electrons. The Morgan fingerprint density at radius 2 is 1.95 bits per heavy atom. The average molecular weight is 348 g/mol. The molecule has 0 saturated carbocycles. The number of carbonyl (C=O) groups is 1. The van der Waals surface area contributed by atoms with E-state index in [1.807, 2.05) is 0 Å². The molecule has 0 radical (unpaired) electrons. The van der Waals surface area contributed by atoms with Crippen LogP contribution in [0.5, 0.6) is 0 Å². The summed E-state index contributed by atoms with van der Waals surface area (Å²) in [5.41, 5.74) is -0.216. The summed E-state index contributed by atoms with van der Waals surface area (Å²) in [7, 11) is -6.86. The fourth-order valence-corrected chi connectivity index (χ4v) is 4.83. The van der Waals surface area contributed by atoms with Crippen molar-refractivity contribution < 1.29 is 26.7 Å². The van der Waals surface area contributed by atoms with Gasteiger partial charge >= 0.3 is 5.97 Å². The number of sulfone groups is 1. The van der Waals surface area contributed by atoms with Gasteiger partial charge in [-0.2, -0.15) is 0 Å². The fraction of sp³-hybridized carbons (Fsp3) is 0.500. The molecule has 0 spiro atoms. The van der Waals surface area contributed by atoms with Gasteiger partial charge in [0, 0.05) is 18.9 Å². The number of carboxylic acid groups (broad SMARTS) is 1. The van der Waals surface area contributed by atoms with Crippen molar-refractivity contribution in [1.29, 1.82) is 0 Å². The summed E-state index contributed by atoms with van der Waals surface area (Å²) >= 11 is 0. The highest BCUT2D eigenvalue weighted by Gasteiger charge is 2.25. The molecule has 0 atom stereocenters. The van der Waals surface area contributed by atoms with Crippen LogP contribution in [0.2, 0.25) is 0 Å². The molecule has 0 aliphatic carbocycles. The van der Waals surface area contributed by atoms with Gasteiger partial charge in [-0.3, -0.25) is 4.98 Å². The Morgan fingerprint density at radius 3 is 2.55 bits per heavy atom. The topological polar surface area (TPSA) is 130 Å². The molecular weight excluding hydrogens is 332 g/mol. The molecule has 0 unspecified atom stereocenters. The Hall–Kier alpha value is -1.52. The molecular formula is C12H16N2O6S2. The Morgan fingerprint density at radius 1 is 1.32 bits per heavy atom. The van der Waals surface area contributed by atoms with E-state index in [2.05, 4.69) is 9.71 Å². The monoisotopic (exact) mass is 348 g/mol. The average Bonchev–Trinajstić information content (AvgIpc) is 2.46. The van der Waals surface area contributed by atoms with Crippen molar-refractivity contribution in [1.82, 2.24) is 9.71 Å². The van der Waals surface area contributed by atoms with E-state index < -0.39 is 25.8 Å². The van der Waals surface area contributed by atoms with Gasteiger partial charge < -0.3 is 5.11 Å². The first-order valence-corrected chi connectivity index (χ1v) is 9.88. The standard InChI is InChI=1S/C12H16N2O6S2/c15-12(16)10-5-11(8-13-7-10)22(19,20)14-6-9-1-3-21(17,18)4-2-9/h5,7-9,14H,1-4,6H2,(H,15,16). The predicted octanol–water partition coefficient (Wildman–Crippen LogP) is -0.117. The Kier molecular flexibility index (Phi) is 4.83. The number of rotatable bonds is 5. The summed E-state index contributed by atoms with van der Waals surface area (Å²) in [6.07, 6.45) is 2.96. The third-order valence-electron chi connectivity index (χ3n) is 3.51. The van der Waals surface area contributed by atoms with Gasteiger partial charge in [0.15, 0.2) is 0 Å². The first-order chi connectivity index (χ1) is 10.2. The van der Waals surface area contributed by atoms with Crippen molar-refractivity contribution in [3.8, 4) is 0 Å². The molecule has 10 heteroatoms. The van der Waals surface area contributed by atoms with Gasteiger partial charge in [-0.1, -0.05) is 0 Å². The maximum atomic E-state index is 12.1. The highest BCUT2D eigenvalue weighted by molar-refractivity contribution is 7.91. The van der Waals surface area contributed by atoms with Crippen LogP contribution >= 0.6 is 0 Å². The number of carboxylic acids is 1. The van der Waals surface area contributed by atoms with Crippen molar-refractivity contribution >= 4 is 25.8 Å². The van der Waals surface area contributed by atoms with E-state index in [1.165, 1.54) is 0 Å². The van der Waals surface area contributed by atoms with E-state index in [9.17, 15) is 21.6 Å². The van der Waals surface area contributed by atoms with Crippen LogP contribution in [-0.2, 0) is 19.9 Å². The SMILES string of the molecule is O=C(O)c1cncc(S(=O)(=O)NCC2CCS(=O)(=O)CC2)c1. The number of nitrogens with one attached hydrogen (secondary N) is 1. The summed E-state index contributed by atoms with van der Waals surface area (Å²) in [5, 5.41) is 8.85. The quantitative estimate of drug-likeness (QED) is 0.758. The molecule has 0 aromatic carbocycles. The van der Waals surface area contributed by atoms with Gasteiger partial charge in [0.05, 0.1) is 17.1 Å². The second-order valence-electron chi connectivity index (χ2n) is 5.16. The number of pyridine rings is 1. The normalized spacial score (nSPS) is 18.9. The number of sulfonamides is 1. The first kappa shape index (κ1) is 16.8. The molecule has 2 rings (SSSR count). The Balaban J connectivity index is 2.03. The van der Waals surface area contributed by atoms with Gasteiger partial charge in [-0.05, 0) is 24.8 Å². The zero-order chi connectivity index (χ0) is 16.4. The third-order valence-corrected chi connectivity index (χ3v) is 6.61. The fourth-order valence-electron chi connectivity index (χ4n) is 2.14. The molecule has 1 fully saturated rings. The van der Waals surface area contributed by atoms with Crippen LogP contribution in [0.4, 0.5) is 0 Å². The van der Waals surface area contributed by atoms with E-state index in [4.69, 9.17) is 5.11 Å². The van der Waals surface area contributed by atoms with Gasteiger partial charge in [0.2, 0.25) is 10.0 Å². The molecule has 0 bridgehead atoms. The largest absolute Gasteiger partial charge is 0.478 e. The summed E-state index contributed by atoms with van der Waals surface area (Å²) < 4.78 is 49.2. The second kappa shape index (κ2) is 6.31. The van der Waals surface area contributed by atoms with E-state index in [0.717, 1.165) is 18.5 Å². The van der Waals surface area contributed by atoms with Crippen LogP contribution in [0.25, 0.3) is 0 Å². The lowest BCUT2D eigenvalue weighted by atomic mass is 10.0. The molecule has 22 heavy (non-hydrogen) atoms. The smallest absolute Gasteiger partial charge is 0.337 e. The van der Waals surface area contributed by atoms with Gasteiger partial charge in [-0.15, -0.1) is 0 Å². The summed E-state index contributed by atoms with van der Waals surface area (Å²) in [6.45, 7) is 0.120. The van der Waals surface area contributed by atoms with Crippen molar-refractivity contribution in [2.45, 2.75) is 17.7 Å². The minimum absolute atomic E-state index is 0.0473. The van der Waals surface area contributed by atoms with Gasteiger partial charge in [0.1, 0.15) is 14.7 Å². The number of aromatic carboxylic acids is 1. The summed E-state index contributed by atoms with van der Waals surface area (Å²) in [6, 6.07) is 1.03. The van der Waals surface area contributed by atoms with Crippen molar-refractivity contribution in [2.75, 3.05) is 18.1 Å². The van der Waals surface area contributed by atoms with Crippen molar-refractivity contribution in [3.63, 3.8) is 0 Å². The third kappa shape index (κ3) is 4.24. The zero-order valence-electron chi connectivity index (χ0n) is 11.6. The highest BCUT2D eigenvalue weighted by atomic mass is 32.2. The zero-order valence-corrected chi connectivity index (χ0v) is 13.2. The maximum Gasteiger partial charge on any atom is 0.337 e. The van der Waals surface area contributed by atoms with E-state index in [-0.39, 0.29) is 34.4 Å². The highest BCUT2D eigenvalue weighted by Crippen LogP contribution is 2.19. The molecule has 1 aromatic heterocycles. The lowest BCUT2D eigenvalue weighted by Gasteiger charge is -2.22. The van der Waals surface area contributed by atoms with Crippen LogP contribution in [-0.4, -0.2) is 50.9 Å². The molecule has 8 nitrogen and oxygen atoms in total. The molecule has 1 aliphatic heterocycles. The Labute approximate surface area is 128 Å². The minimum atomic E-state index is -3.87. The second-order valence-corrected chi connectivity index (χ2v) is 9.23. The summed E-state index contributed by atoms with van der Waals surface area (Å²) in [5.74, 6) is -1.18. The Bertz CT molecular complexity index is 759. The van der Waals surface area contributed by atoms with E-state index >= 15 is 0 Å². The van der Waals surface area contributed by atoms with E-state index in [0.29, 0.717) is 12.8 Å². The van der Waals surface area contributed by atoms with Crippen LogP contribution in [0.3, 0.4) is 0 Å².